The lowest BCUT2D eigenvalue weighted by Crippen LogP contribution is -2.51. The molecule has 148 valence electrons. The summed E-state index contributed by atoms with van der Waals surface area (Å²) in [4.78, 5) is 37.7. The molecule has 1 aromatic carbocycles. The van der Waals surface area contributed by atoms with Crippen molar-refractivity contribution in [2.75, 3.05) is 20.8 Å². The largest absolute Gasteiger partial charge is 0.495 e. The number of aliphatic hydroxyl groups excluding tert-OH is 1. The molecule has 1 aromatic rings. The minimum Gasteiger partial charge on any atom is -0.495 e. The number of ether oxygens (including phenoxy) is 2. The molecule has 0 unspecified atom stereocenters. The van der Waals surface area contributed by atoms with E-state index in [1.807, 2.05) is 0 Å². The van der Waals surface area contributed by atoms with Crippen molar-refractivity contribution >= 4 is 29.4 Å². The molecule has 3 atom stereocenters. The molecule has 9 heteroatoms. The molecule has 2 amide bonds. The zero-order chi connectivity index (χ0) is 20.1. The van der Waals surface area contributed by atoms with E-state index < -0.39 is 30.1 Å². The number of benzene rings is 1. The topological polar surface area (TPSA) is 105 Å². The van der Waals surface area contributed by atoms with E-state index in [0.717, 1.165) is 0 Å². The maximum Gasteiger partial charge on any atom is 0.328 e. The highest BCUT2D eigenvalue weighted by atomic mass is 35.5. The van der Waals surface area contributed by atoms with Crippen LogP contribution < -0.4 is 10.1 Å². The molecule has 1 heterocycles. The SMILES string of the molecule is COC(=O)[C@@H](Cc1ccc(OC)c(Cl)c1)NC(=O)[C@@H]1C[C@@H](O)CN1C(C)=O. The number of esters is 1. The molecular weight excluding hydrogens is 376 g/mol. The molecule has 2 rings (SSSR count). The second-order valence-corrected chi connectivity index (χ2v) is 6.74. The number of rotatable bonds is 6. The normalized spacial score (nSPS) is 20.1. The van der Waals surface area contributed by atoms with Gasteiger partial charge in [-0.1, -0.05) is 17.7 Å². The van der Waals surface area contributed by atoms with Crippen LogP contribution in [0.25, 0.3) is 0 Å². The van der Waals surface area contributed by atoms with Gasteiger partial charge in [-0.2, -0.15) is 0 Å². The molecule has 0 bridgehead atoms. The highest BCUT2D eigenvalue weighted by molar-refractivity contribution is 6.32. The molecule has 27 heavy (non-hydrogen) atoms. The number of aliphatic hydroxyl groups is 1. The molecular formula is C18H23ClN2O6. The first-order valence-corrected chi connectivity index (χ1v) is 8.80. The van der Waals surface area contributed by atoms with Crippen LogP contribution in [-0.2, 0) is 25.5 Å². The number of halogens is 1. The number of β-amino-alcohol motifs (C(OH)–C–C–N with tert-alkyl or cyclic N) is 1. The number of methoxy groups -OCH3 is 2. The van der Waals surface area contributed by atoms with Crippen LogP contribution in [0.1, 0.15) is 18.9 Å². The third kappa shape index (κ3) is 5.11. The van der Waals surface area contributed by atoms with Gasteiger partial charge in [0.15, 0.2) is 0 Å². The molecule has 1 aliphatic rings. The lowest BCUT2D eigenvalue weighted by Gasteiger charge is -2.24. The lowest BCUT2D eigenvalue weighted by molar-refractivity contribution is -0.146. The van der Waals surface area contributed by atoms with Crippen molar-refractivity contribution in [3.05, 3.63) is 28.8 Å². The Kier molecular flexibility index (Phi) is 7.04. The fraction of sp³-hybridized carbons (Fsp3) is 0.500. The molecule has 0 saturated carbocycles. The van der Waals surface area contributed by atoms with E-state index in [1.165, 1.54) is 26.0 Å². The van der Waals surface area contributed by atoms with Crippen LogP contribution in [-0.4, -0.2) is 66.7 Å². The number of likely N-dealkylation sites (tertiary alicyclic amines) is 1. The summed E-state index contributed by atoms with van der Waals surface area (Å²) in [5, 5.41) is 12.8. The minimum absolute atomic E-state index is 0.0877. The fourth-order valence-corrected chi connectivity index (χ4v) is 3.37. The summed E-state index contributed by atoms with van der Waals surface area (Å²) in [5.41, 5.74) is 0.700. The van der Waals surface area contributed by atoms with Gasteiger partial charge in [0.05, 0.1) is 25.3 Å². The second-order valence-electron chi connectivity index (χ2n) is 6.33. The quantitative estimate of drug-likeness (QED) is 0.677. The van der Waals surface area contributed by atoms with Crippen molar-refractivity contribution in [1.29, 1.82) is 0 Å². The minimum atomic E-state index is -0.960. The monoisotopic (exact) mass is 398 g/mol. The van der Waals surface area contributed by atoms with E-state index in [1.54, 1.807) is 18.2 Å². The summed E-state index contributed by atoms with van der Waals surface area (Å²) in [6.07, 6.45) is -0.507. The van der Waals surface area contributed by atoms with Crippen LogP contribution in [0.2, 0.25) is 5.02 Å². The van der Waals surface area contributed by atoms with Crippen LogP contribution in [0.3, 0.4) is 0 Å². The van der Waals surface area contributed by atoms with Crippen molar-refractivity contribution in [2.24, 2.45) is 0 Å². The Morgan fingerprint density at radius 2 is 2.07 bits per heavy atom. The van der Waals surface area contributed by atoms with E-state index >= 15 is 0 Å². The Bertz CT molecular complexity index is 726. The molecule has 0 radical (unpaired) electrons. The molecule has 0 aromatic heterocycles. The van der Waals surface area contributed by atoms with Gasteiger partial charge in [0.1, 0.15) is 17.8 Å². The number of hydrogen-bond acceptors (Lipinski definition) is 6. The maximum absolute atomic E-state index is 12.6. The second kappa shape index (κ2) is 9.05. The van der Waals surface area contributed by atoms with Gasteiger partial charge in [0.2, 0.25) is 11.8 Å². The van der Waals surface area contributed by atoms with Crippen LogP contribution in [0.4, 0.5) is 0 Å². The Balaban J connectivity index is 2.14. The summed E-state index contributed by atoms with van der Waals surface area (Å²) in [6, 6.07) is 3.25. The highest BCUT2D eigenvalue weighted by Gasteiger charge is 2.38. The van der Waals surface area contributed by atoms with E-state index in [-0.39, 0.29) is 25.3 Å². The molecule has 1 saturated heterocycles. The van der Waals surface area contributed by atoms with Crippen molar-refractivity contribution < 1.29 is 29.0 Å². The smallest absolute Gasteiger partial charge is 0.328 e. The summed E-state index contributed by atoms with van der Waals surface area (Å²) < 4.78 is 9.87. The Labute approximate surface area is 162 Å². The van der Waals surface area contributed by atoms with Crippen molar-refractivity contribution in [2.45, 2.75) is 38.0 Å². The predicted molar refractivity (Wildman–Crippen MR) is 97.5 cm³/mol. The van der Waals surface area contributed by atoms with E-state index in [4.69, 9.17) is 21.1 Å². The van der Waals surface area contributed by atoms with E-state index in [2.05, 4.69) is 5.32 Å². The van der Waals surface area contributed by atoms with Crippen molar-refractivity contribution in [3.8, 4) is 5.75 Å². The summed E-state index contributed by atoms with van der Waals surface area (Å²) in [5.74, 6) is -0.959. The first-order valence-electron chi connectivity index (χ1n) is 8.42. The standard InChI is InChI=1S/C18H23ClN2O6/c1-10(22)21-9-12(23)8-15(21)17(24)20-14(18(25)27-3)7-11-4-5-16(26-2)13(19)6-11/h4-6,12,14-15,23H,7-9H2,1-3H3,(H,20,24)/t12-,14-,15+/m1/s1. The highest BCUT2D eigenvalue weighted by Crippen LogP contribution is 2.25. The van der Waals surface area contributed by atoms with E-state index in [0.29, 0.717) is 16.3 Å². The number of nitrogens with zero attached hydrogens (tertiary/aromatic N) is 1. The average Bonchev–Trinajstić information content (AvgIpc) is 3.03. The van der Waals surface area contributed by atoms with Gasteiger partial charge < -0.3 is 24.8 Å². The van der Waals surface area contributed by atoms with Gasteiger partial charge in [-0.3, -0.25) is 9.59 Å². The lowest BCUT2D eigenvalue weighted by atomic mass is 10.0. The summed E-state index contributed by atoms with van der Waals surface area (Å²) in [6.45, 7) is 1.42. The van der Waals surface area contributed by atoms with Crippen LogP contribution >= 0.6 is 11.6 Å². The fourth-order valence-electron chi connectivity index (χ4n) is 3.09. The van der Waals surface area contributed by atoms with Crippen molar-refractivity contribution in [1.82, 2.24) is 10.2 Å². The van der Waals surface area contributed by atoms with Gasteiger partial charge >= 0.3 is 5.97 Å². The van der Waals surface area contributed by atoms with Gasteiger partial charge in [0.25, 0.3) is 0 Å². The van der Waals surface area contributed by atoms with Gasteiger partial charge in [-0.25, -0.2) is 4.79 Å². The Morgan fingerprint density at radius 1 is 1.37 bits per heavy atom. The zero-order valence-electron chi connectivity index (χ0n) is 15.4. The number of carbonyl (C=O) groups is 3. The molecule has 1 aliphatic heterocycles. The number of nitrogens with one attached hydrogen (secondary N) is 1. The molecule has 1 fully saturated rings. The van der Waals surface area contributed by atoms with E-state index in [9.17, 15) is 19.5 Å². The number of carbonyl (C=O) groups excluding carboxylic acids is 3. The van der Waals surface area contributed by atoms with Gasteiger partial charge in [0, 0.05) is 26.3 Å². The van der Waals surface area contributed by atoms with Crippen LogP contribution in [0.5, 0.6) is 5.75 Å². The molecule has 0 spiro atoms. The summed E-state index contributed by atoms with van der Waals surface area (Å²) in [7, 11) is 2.72. The number of hydrogen-bond donors (Lipinski definition) is 2. The zero-order valence-corrected chi connectivity index (χ0v) is 16.2. The maximum atomic E-state index is 12.6. The third-order valence-electron chi connectivity index (χ3n) is 4.44. The third-order valence-corrected chi connectivity index (χ3v) is 4.74. The average molecular weight is 399 g/mol. The van der Waals surface area contributed by atoms with Gasteiger partial charge in [-0.15, -0.1) is 0 Å². The Hall–Kier alpha value is -2.32. The van der Waals surface area contributed by atoms with Crippen molar-refractivity contribution in [3.63, 3.8) is 0 Å². The molecule has 0 aliphatic carbocycles. The van der Waals surface area contributed by atoms with Gasteiger partial charge in [-0.05, 0) is 17.7 Å². The first kappa shape index (κ1) is 21.0. The van der Waals surface area contributed by atoms with Crippen LogP contribution in [0.15, 0.2) is 18.2 Å². The number of amides is 2. The Morgan fingerprint density at radius 3 is 2.63 bits per heavy atom. The first-order chi connectivity index (χ1) is 12.8. The predicted octanol–water partition coefficient (Wildman–Crippen LogP) is 0.531. The van der Waals surface area contributed by atoms with Crippen LogP contribution in [0, 0.1) is 0 Å². The molecule has 2 N–H and O–H groups in total. The summed E-state index contributed by atoms with van der Waals surface area (Å²) >= 11 is 6.11. The molecule has 8 nitrogen and oxygen atoms in total.